The third kappa shape index (κ3) is 2.84. The molecule has 0 radical (unpaired) electrons. The lowest BCUT2D eigenvalue weighted by Gasteiger charge is -2.41. The molecule has 3 rings (SSSR count). The molecule has 4 nitrogen and oxygen atoms in total. The summed E-state index contributed by atoms with van der Waals surface area (Å²) in [7, 11) is 0. The van der Waals surface area contributed by atoms with Crippen molar-refractivity contribution >= 4 is 23.2 Å². The molecule has 0 bridgehead atoms. The molecule has 2 unspecified atom stereocenters. The molecule has 2 atom stereocenters. The van der Waals surface area contributed by atoms with E-state index in [2.05, 4.69) is 25.2 Å². The summed E-state index contributed by atoms with van der Waals surface area (Å²) in [6.45, 7) is 5.74. The van der Waals surface area contributed by atoms with E-state index in [-0.39, 0.29) is 17.9 Å². The molecule has 2 amide bonds. The Hall–Kier alpha value is -1.36. The van der Waals surface area contributed by atoms with Crippen LogP contribution in [0, 0.1) is 12.8 Å². The number of fused-ring (bicyclic) bond motifs is 1. The number of hydrogen-bond donors (Lipinski definition) is 1. The van der Waals surface area contributed by atoms with Crippen molar-refractivity contribution in [3.05, 3.63) is 21.4 Å². The Morgan fingerprint density at radius 3 is 3.00 bits per heavy atom. The van der Waals surface area contributed by atoms with Crippen molar-refractivity contribution in [2.75, 3.05) is 13.1 Å². The van der Waals surface area contributed by atoms with E-state index < -0.39 is 0 Å². The summed E-state index contributed by atoms with van der Waals surface area (Å²) in [4.78, 5) is 28.2. The molecule has 5 heteroatoms. The van der Waals surface area contributed by atoms with E-state index in [1.165, 1.54) is 10.4 Å². The van der Waals surface area contributed by atoms with Crippen LogP contribution in [0.5, 0.6) is 0 Å². The first kappa shape index (κ1) is 14.6. The zero-order chi connectivity index (χ0) is 15.0. The van der Waals surface area contributed by atoms with E-state index in [0.717, 1.165) is 37.2 Å². The number of piperidine rings is 2. The quantitative estimate of drug-likeness (QED) is 0.912. The summed E-state index contributed by atoms with van der Waals surface area (Å²) in [6.07, 6.45) is 3.37. The third-order valence-electron chi connectivity index (χ3n) is 4.72. The Morgan fingerprint density at radius 2 is 2.29 bits per heavy atom. The Labute approximate surface area is 129 Å². The number of hydrogen-bond acceptors (Lipinski definition) is 3. The molecule has 2 saturated heterocycles. The van der Waals surface area contributed by atoms with E-state index in [1.807, 2.05) is 4.90 Å². The first-order chi connectivity index (χ1) is 10.1. The number of carbonyl (C=O) groups excluding carboxylic acids is 2. The standard InChI is InChI=1S/C16H22N2O2S/c1-3-11-8-14(21-10(11)2)16(20)18-7-6-13-12(9-18)4-5-15(19)17-13/h8,12-13H,3-7,9H2,1-2H3,(H,17,19). The minimum atomic E-state index is 0.164. The average molecular weight is 306 g/mol. The number of carbonyl (C=O) groups is 2. The maximum absolute atomic E-state index is 12.7. The number of likely N-dealkylation sites (tertiary alicyclic amines) is 1. The van der Waals surface area contributed by atoms with Gasteiger partial charge in [0.25, 0.3) is 5.91 Å². The smallest absolute Gasteiger partial charge is 0.263 e. The lowest BCUT2D eigenvalue weighted by atomic mass is 9.85. The molecule has 2 aliphatic heterocycles. The van der Waals surface area contributed by atoms with Crippen molar-refractivity contribution in [3.63, 3.8) is 0 Å². The predicted octanol–water partition coefficient (Wildman–Crippen LogP) is 2.36. The minimum Gasteiger partial charge on any atom is -0.353 e. The fourth-order valence-electron chi connectivity index (χ4n) is 3.43. The molecule has 114 valence electrons. The summed E-state index contributed by atoms with van der Waals surface area (Å²) in [5.41, 5.74) is 1.28. The molecular weight excluding hydrogens is 284 g/mol. The summed E-state index contributed by atoms with van der Waals surface area (Å²) in [5.74, 6) is 0.753. The molecule has 0 saturated carbocycles. The molecule has 0 aliphatic carbocycles. The molecule has 1 aromatic rings. The van der Waals surface area contributed by atoms with Crippen LogP contribution in [0.1, 0.15) is 46.3 Å². The zero-order valence-electron chi connectivity index (χ0n) is 12.6. The van der Waals surface area contributed by atoms with Gasteiger partial charge in [0.1, 0.15) is 0 Å². The highest BCUT2D eigenvalue weighted by Crippen LogP contribution is 2.28. The van der Waals surface area contributed by atoms with E-state index in [0.29, 0.717) is 12.3 Å². The van der Waals surface area contributed by atoms with Crippen LogP contribution < -0.4 is 5.32 Å². The monoisotopic (exact) mass is 306 g/mol. The van der Waals surface area contributed by atoms with Crippen LogP contribution >= 0.6 is 11.3 Å². The Balaban J connectivity index is 1.70. The van der Waals surface area contributed by atoms with E-state index in [9.17, 15) is 9.59 Å². The number of thiophene rings is 1. The number of nitrogens with zero attached hydrogens (tertiary/aromatic N) is 1. The maximum Gasteiger partial charge on any atom is 0.263 e. The molecule has 1 N–H and O–H groups in total. The van der Waals surface area contributed by atoms with Gasteiger partial charge in [0.2, 0.25) is 5.91 Å². The summed E-state index contributed by atoms with van der Waals surface area (Å²) in [6, 6.07) is 2.32. The fraction of sp³-hybridized carbons (Fsp3) is 0.625. The summed E-state index contributed by atoms with van der Waals surface area (Å²) in [5, 5.41) is 3.07. The molecule has 3 heterocycles. The number of aryl methyl sites for hydroxylation is 2. The topological polar surface area (TPSA) is 49.4 Å². The van der Waals surface area contributed by atoms with Gasteiger partial charge in [-0.2, -0.15) is 0 Å². The maximum atomic E-state index is 12.7. The fourth-order valence-corrected chi connectivity index (χ4v) is 4.51. The summed E-state index contributed by atoms with van der Waals surface area (Å²) < 4.78 is 0. The highest BCUT2D eigenvalue weighted by atomic mass is 32.1. The van der Waals surface area contributed by atoms with Crippen molar-refractivity contribution in [2.24, 2.45) is 5.92 Å². The Morgan fingerprint density at radius 1 is 1.48 bits per heavy atom. The second-order valence-corrected chi connectivity index (χ2v) is 7.31. The minimum absolute atomic E-state index is 0.164. The second kappa shape index (κ2) is 5.79. The van der Waals surface area contributed by atoms with Gasteiger partial charge in [0, 0.05) is 30.4 Å². The molecule has 21 heavy (non-hydrogen) atoms. The van der Waals surface area contributed by atoms with Gasteiger partial charge in [-0.25, -0.2) is 0 Å². The molecular formula is C16H22N2O2S. The van der Waals surface area contributed by atoms with Crippen LogP contribution in [0.3, 0.4) is 0 Å². The van der Waals surface area contributed by atoms with E-state index in [4.69, 9.17) is 0 Å². The third-order valence-corrected chi connectivity index (χ3v) is 5.80. The number of nitrogens with one attached hydrogen (secondary N) is 1. The molecule has 2 aliphatic rings. The van der Waals surface area contributed by atoms with E-state index >= 15 is 0 Å². The van der Waals surface area contributed by atoms with Gasteiger partial charge in [-0.05, 0) is 43.7 Å². The lowest BCUT2D eigenvalue weighted by molar-refractivity contribution is -0.125. The SMILES string of the molecule is CCc1cc(C(=O)N2CCC3NC(=O)CCC3C2)sc1C. The summed E-state index contributed by atoms with van der Waals surface area (Å²) >= 11 is 1.61. The molecule has 2 fully saturated rings. The second-order valence-electron chi connectivity index (χ2n) is 6.06. The largest absolute Gasteiger partial charge is 0.353 e. The van der Waals surface area contributed by atoms with E-state index in [1.54, 1.807) is 11.3 Å². The van der Waals surface area contributed by atoms with Gasteiger partial charge < -0.3 is 10.2 Å². The number of amides is 2. The van der Waals surface area contributed by atoms with Crippen LogP contribution in [0.2, 0.25) is 0 Å². The van der Waals surface area contributed by atoms with Gasteiger partial charge in [-0.15, -0.1) is 11.3 Å². The molecule has 0 aromatic carbocycles. The molecule has 0 spiro atoms. The normalized spacial score (nSPS) is 25.4. The highest BCUT2D eigenvalue weighted by Gasteiger charge is 2.35. The van der Waals surface area contributed by atoms with Crippen molar-refractivity contribution in [3.8, 4) is 0 Å². The Bertz CT molecular complexity index is 567. The zero-order valence-corrected chi connectivity index (χ0v) is 13.5. The van der Waals surface area contributed by atoms with Gasteiger partial charge in [-0.1, -0.05) is 6.92 Å². The van der Waals surface area contributed by atoms with Crippen LogP contribution in [0.15, 0.2) is 6.07 Å². The van der Waals surface area contributed by atoms with Crippen molar-refractivity contribution in [1.82, 2.24) is 10.2 Å². The van der Waals surface area contributed by atoms with Crippen molar-refractivity contribution in [2.45, 2.75) is 45.6 Å². The first-order valence-electron chi connectivity index (χ1n) is 7.76. The van der Waals surface area contributed by atoms with Crippen LogP contribution in [0.25, 0.3) is 0 Å². The van der Waals surface area contributed by atoms with Crippen molar-refractivity contribution < 1.29 is 9.59 Å². The Kier molecular flexibility index (Phi) is 4.02. The van der Waals surface area contributed by atoms with Gasteiger partial charge >= 0.3 is 0 Å². The molecule has 1 aromatic heterocycles. The predicted molar refractivity (Wildman–Crippen MR) is 83.6 cm³/mol. The highest BCUT2D eigenvalue weighted by molar-refractivity contribution is 7.14. The van der Waals surface area contributed by atoms with Gasteiger partial charge in [0.15, 0.2) is 0 Å². The van der Waals surface area contributed by atoms with Crippen LogP contribution in [0.4, 0.5) is 0 Å². The lowest BCUT2D eigenvalue weighted by Crippen LogP contribution is -2.55. The van der Waals surface area contributed by atoms with Gasteiger partial charge in [0.05, 0.1) is 4.88 Å². The number of rotatable bonds is 2. The van der Waals surface area contributed by atoms with Crippen LogP contribution in [-0.2, 0) is 11.2 Å². The van der Waals surface area contributed by atoms with Crippen LogP contribution in [-0.4, -0.2) is 35.8 Å². The first-order valence-corrected chi connectivity index (χ1v) is 8.58. The van der Waals surface area contributed by atoms with Crippen molar-refractivity contribution in [1.29, 1.82) is 0 Å². The van der Waals surface area contributed by atoms with Gasteiger partial charge in [-0.3, -0.25) is 9.59 Å². The average Bonchev–Trinajstić information content (AvgIpc) is 2.87.